The SMILES string of the molecule is N#Cc1ccc2ncn(C[C@@]3(O)CCC[C@@]4(CNC(=O)O4)C3)c2c1. The fourth-order valence-corrected chi connectivity index (χ4v) is 3.96. The minimum absolute atomic E-state index is 0.359. The van der Waals surface area contributed by atoms with E-state index in [1.54, 1.807) is 24.5 Å². The van der Waals surface area contributed by atoms with Crippen molar-refractivity contribution in [3.63, 3.8) is 0 Å². The Morgan fingerprint density at radius 2 is 2.33 bits per heavy atom. The summed E-state index contributed by atoms with van der Waals surface area (Å²) < 4.78 is 7.32. The predicted molar refractivity (Wildman–Crippen MR) is 85.1 cm³/mol. The summed E-state index contributed by atoms with van der Waals surface area (Å²) in [5.41, 5.74) is 0.588. The number of hydrogen-bond acceptors (Lipinski definition) is 5. The number of hydrogen-bond donors (Lipinski definition) is 2. The molecule has 7 nitrogen and oxygen atoms in total. The summed E-state index contributed by atoms with van der Waals surface area (Å²) in [4.78, 5) is 15.8. The number of nitriles is 1. The third-order valence-corrected chi connectivity index (χ3v) is 5.00. The van der Waals surface area contributed by atoms with Gasteiger partial charge in [0.15, 0.2) is 0 Å². The Labute approximate surface area is 138 Å². The number of nitrogens with one attached hydrogen (secondary N) is 1. The van der Waals surface area contributed by atoms with Crippen LogP contribution < -0.4 is 5.32 Å². The van der Waals surface area contributed by atoms with Gasteiger partial charge in [0.1, 0.15) is 5.60 Å². The van der Waals surface area contributed by atoms with Crippen molar-refractivity contribution in [3.05, 3.63) is 30.1 Å². The number of carbonyl (C=O) groups is 1. The third kappa shape index (κ3) is 2.49. The van der Waals surface area contributed by atoms with Gasteiger partial charge >= 0.3 is 6.09 Å². The van der Waals surface area contributed by atoms with Crippen LogP contribution in [0.1, 0.15) is 31.2 Å². The highest BCUT2D eigenvalue weighted by Crippen LogP contribution is 2.40. The maximum atomic E-state index is 11.4. The van der Waals surface area contributed by atoms with Gasteiger partial charge in [0, 0.05) is 6.42 Å². The van der Waals surface area contributed by atoms with Crippen molar-refractivity contribution >= 4 is 17.1 Å². The van der Waals surface area contributed by atoms with E-state index in [0.717, 1.165) is 23.9 Å². The molecule has 24 heavy (non-hydrogen) atoms. The number of alkyl carbamates (subject to hydrolysis) is 1. The van der Waals surface area contributed by atoms with Crippen LogP contribution in [0.3, 0.4) is 0 Å². The lowest BCUT2D eigenvalue weighted by atomic mass is 9.75. The van der Waals surface area contributed by atoms with Gasteiger partial charge in [-0.15, -0.1) is 0 Å². The van der Waals surface area contributed by atoms with Gasteiger partial charge in [-0.05, 0) is 37.5 Å². The summed E-state index contributed by atoms with van der Waals surface area (Å²) in [5.74, 6) is 0. The number of aliphatic hydroxyl groups is 1. The summed E-state index contributed by atoms with van der Waals surface area (Å²) in [6.07, 6.45) is 3.87. The Hall–Kier alpha value is -2.59. The van der Waals surface area contributed by atoms with Crippen molar-refractivity contribution in [3.8, 4) is 6.07 Å². The first-order valence-corrected chi connectivity index (χ1v) is 8.05. The number of nitrogens with zero attached hydrogens (tertiary/aromatic N) is 3. The Balaban J connectivity index is 1.62. The van der Waals surface area contributed by atoms with Crippen molar-refractivity contribution in [1.29, 1.82) is 5.26 Å². The summed E-state index contributed by atoms with van der Waals surface area (Å²) in [6.45, 7) is 0.801. The molecule has 1 spiro atoms. The highest BCUT2D eigenvalue weighted by Gasteiger charge is 2.49. The predicted octanol–water partition coefficient (Wildman–Crippen LogP) is 1.69. The van der Waals surface area contributed by atoms with Gasteiger partial charge in [0.25, 0.3) is 0 Å². The molecule has 2 aliphatic rings. The Kier molecular flexibility index (Phi) is 3.25. The second-order valence-corrected chi connectivity index (χ2v) is 6.87. The molecule has 1 amide bonds. The fraction of sp³-hybridized carbons (Fsp3) is 0.471. The first kappa shape index (κ1) is 15.0. The van der Waals surface area contributed by atoms with E-state index in [4.69, 9.17) is 10.00 Å². The first-order chi connectivity index (χ1) is 11.5. The first-order valence-electron chi connectivity index (χ1n) is 8.05. The van der Waals surface area contributed by atoms with Crippen molar-refractivity contribution in [2.75, 3.05) is 6.54 Å². The van der Waals surface area contributed by atoms with Gasteiger partial charge in [0.2, 0.25) is 0 Å². The maximum Gasteiger partial charge on any atom is 0.407 e. The van der Waals surface area contributed by atoms with Crippen molar-refractivity contribution in [2.45, 2.75) is 43.4 Å². The number of aromatic nitrogens is 2. The third-order valence-electron chi connectivity index (χ3n) is 5.00. The van der Waals surface area contributed by atoms with E-state index in [9.17, 15) is 9.90 Å². The van der Waals surface area contributed by atoms with Gasteiger partial charge in [0.05, 0.1) is 47.7 Å². The molecule has 0 unspecified atom stereocenters. The van der Waals surface area contributed by atoms with E-state index in [1.165, 1.54) is 0 Å². The van der Waals surface area contributed by atoms with E-state index >= 15 is 0 Å². The lowest BCUT2D eigenvalue weighted by Gasteiger charge is -2.41. The zero-order chi connectivity index (χ0) is 16.8. The number of imidazole rings is 1. The highest BCUT2D eigenvalue weighted by molar-refractivity contribution is 5.77. The molecule has 2 fully saturated rings. The second-order valence-electron chi connectivity index (χ2n) is 6.87. The largest absolute Gasteiger partial charge is 0.441 e. The second kappa shape index (κ2) is 5.21. The lowest BCUT2D eigenvalue weighted by molar-refractivity contribution is -0.0919. The number of carbonyl (C=O) groups excluding carboxylic acids is 1. The molecule has 1 aliphatic heterocycles. The van der Waals surface area contributed by atoms with Gasteiger partial charge in [-0.3, -0.25) is 0 Å². The normalized spacial score (nSPS) is 29.4. The zero-order valence-corrected chi connectivity index (χ0v) is 13.2. The molecule has 0 bridgehead atoms. The van der Waals surface area contributed by atoms with Crippen LogP contribution in [-0.2, 0) is 11.3 Å². The molecule has 0 radical (unpaired) electrons. The van der Waals surface area contributed by atoms with Crippen molar-refractivity contribution < 1.29 is 14.6 Å². The molecular formula is C17H18N4O3. The van der Waals surface area contributed by atoms with Crippen LogP contribution in [0.25, 0.3) is 11.0 Å². The van der Waals surface area contributed by atoms with Gasteiger partial charge < -0.3 is 19.7 Å². The Bertz CT molecular complexity index is 855. The lowest BCUT2D eigenvalue weighted by Crippen LogP contribution is -2.49. The Morgan fingerprint density at radius 1 is 1.46 bits per heavy atom. The molecule has 2 atom stereocenters. The van der Waals surface area contributed by atoms with Crippen molar-refractivity contribution in [1.82, 2.24) is 14.9 Å². The summed E-state index contributed by atoms with van der Waals surface area (Å²) in [6, 6.07) is 7.44. The molecule has 2 aromatic rings. The molecule has 1 aromatic carbocycles. The summed E-state index contributed by atoms with van der Waals surface area (Å²) in [5, 5.41) is 22.9. The monoisotopic (exact) mass is 326 g/mol. The number of amides is 1. The smallest absolute Gasteiger partial charge is 0.407 e. The topological polar surface area (TPSA) is 100 Å². The van der Waals surface area contributed by atoms with E-state index in [0.29, 0.717) is 31.5 Å². The molecule has 1 aliphatic carbocycles. The number of rotatable bonds is 2. The van der Waals surface area contributed by atoms with Gasteiger partial charge in [-0.25, -0.2) is 9.78 Å². The van der Waals surface area contributed by atoms with Crippen molar-refractivity contribution in [2.24, 2.45) is 0 Å². The molecule has 1 saturated carbocycles. The van der Waals surface area contributed by atoms with E-state index in [1.807, 2.05) is 4.57 Å². The minimum atomic E-state index is -0.971. The maximum absolute atomic E-state index is 11.4. The average molecular weight is 326 g/mol. The number of fused-ring (bicyclic) bond motifs is 1. The molecule has 1 saturated heterocycles. The van der Waals surface area contributed by atoms with Crippen LogP contribution >= 0.6 is 0 Å². The quantitative estimate of drug-likeness (QED) is 0.875. The molecule has 2 heterocycles. The molecule has 4 rings (SSSR count). The van der Waals surface area contributed by atoms with Gasteiger partial charge in [-0.1, -0.05) is 0 Å². The number of benzene rings is 1. The molecular weight excluding hydrogens is 308 g/mol. The molecule has 2 N–H and O–H groups in total. The summed E-state index contributed by atoms with van der Waals surface area (Å²) in [7, 11) is 0. The Morgan fingerprint density at radius 3 is 3.08 bits per heavy atom. The molecule has 1 aromatic heterocycles. The fourth-order valence-electron chi connectivity index (χ4n) is 3.96. The van der Waals surface area contributed by atoms with Crippen LogP contribution in [0.5, 0.6) is 0 Å². The number of ether oxygens (including phenoxy) is 1. The molecule has 124 valence electrons. The van der Waals surface area contributed by atoms with Gasteiger partial charge in [-0.2, -0.15) is 5.26 Å². The van der Waals surface area contributed by atoms with Crippen LogP contribution in [-0.4, -0.2) is 38.5 Å². The van der Waals surface area contributed by atoms with Crippen LogP contribution in [0.4, 0.5) is 4.79 Å². The minimum Gasteiger partial charge on any atom is -0.441 e. The summed E-state index contributed by atoms with van der Waals surface area (Å²) >= 11 is 0. The average Bonchev–Trinajstić information content (AvgIpc) is 3.10. The highest BCUT2D eigenvalue weighted by atomic mass is 16.6. The van der Waals surface area contributed by atoms with Crippen LogP contribution in [0, 0.1) is 11.3 Å². The van der Waals surface area contributed by atoms with E-state index in [2.05, 4.69) is 16.4 Å². The zero-order valence-electron chi connectivity index (χ0n) is 13.2. The van der Waals surface area contributed by atoms with E-state index < -0.39 is 17.3 Å². The molecule has 7 heteroatoms. The van der Waals surface area contributed by atoms with E-state index in [-0.39, 0.29) is 0 Å². The van der Waals surface area contributed by atoms with Crippen LogP contribution in [0.2, 0.25) is 0 Å². The van der Waals surface area contributed by atoms with Crippen LogP contribution in [0.15, 0.2) is 24.5 Å². The standard InChI is InChI=1S/C17H18N4O3/c18-7-12-2-3-13-14(6-12)21(11-20-13)10-16(23)4-1-5-17(8-16)9-19-15(22)24-17/h2-3,6,11,23H,1,4-5,8-10H2,(H,19,22)/t16-,17+/m1/s1.